The normalized spacial score (nSPS) is 10.9. The Morgan fingerprint density at radius 1 is 0.618 bits per heavy atom. The van der Waals surface area contributed by atoms with E-state index in [0.29, 0.717) is 0 Å². The Balaban J connectivity index is 1.87. The SMILES string of the molecule is C=C[Si](C)(C=C)c1ccc(C(=O)OOC(=C)OOC(=O)c2ccc([Si](C)(C=C)C=C)cc2)cc1. The van der Waals surface area contributed by atoms with E-state index in [1.807, 2.05) is 47.1 Å². The molecule has 0 aliphatic heterocycles. The summed E-state index contributed by atoms with van der Waals surface area (Å²) in [6, 6.07) is 13.7. The van der Waals surface area contributed by atoms with Gasteiger partial charge in [0.25, 0.3) is 0 Å². The number of rotatable bonds is 12. The summed E-state index contributed by atoms with van der Waals surface area (Å²) >= 11 is 0. The topological polar surface area (TPSA) is 71.1 Å². The van der Waals surface area contributed by atoms with Crippen molar-refractivity contribution in [2.75, 3.05) is 0 Å². The van der Waals surface area contributed by atoms with Crippen LogP contribution in [-0.2, 0) is 19.6 Å². The summed E-state index contributed by atoms with van der Waals surface area (Å²) in [4.78, 5) is 43.1. The zero-order valence-electron chi connectivity index (χ0n) is 19.4. The molecule has 34 heavy (non-hydrogen) atoms. The molecule has 0 aliphatic carbocycles. The quantitative estimate of drug-likeness (QED) is 0.188. The van der Waals surface area contributed by atoms with Crippen LogP contribution in [0, 0.1) is 0 Å². The fourth-order valence-corrected chi connectivity index (χ4v) is 5.89. The molecule has 8 heteroatoms. The second-order valence-electron chi connectivity index (χ2n) is 7.82. The highest BCUT2D eigenvalue weighted by molar-refractivity contribution is 6.99. The predicted octanol–water partition coefficient (Wildman–Crippen LogP) is 4.51. The summed E-state index contributed by atoms with van der Waals surface area (Å²) in [5, 5.41) is 2.09. The van der Waals surface area contributed by atoms with Crippen molar-refractivity contribution < 1.29 is 29.1 Å². The van der Waals surface area contributed by atoms with Crippen LogP contribution >= 0.6 is 0 Å². The maximum absolute atomic E-state index is 12.2. The van der Waals surface area contributed by atoms with Crippen molar-refractivity contribution in [1.82, 2.24) is 0 Å². The smallest absolute Gasteiger partial charge is 0.243 e. The van der Waals surface area contributed by atoms with E-state index in [1.54, 1.807) is 24.3 Å². The Kier molecular flexibility index (Phi) is 8.77. The van der Waals surface area contributed by atoms with Crippen molar-refractivity contribution in [2.24, 2.45) is 0 Å². The number of carbonyl (C=O) groups excluding carboxylic acids is 2. The monoisotopic (exact) mass is 492 g/mol. The van der Waals surface area contributed by atoms with Gasteiger partial charge >= 0.3 is 17.9 Å². The van der Waals surface area contributed by atoms with Gasteiger partial charge in [-0.1, -0.05) is 70.5 Å². The van der Waals surface area contributed by atoms with Crippen molar-refractivity contribution in [3.05, 3.63) is 121 Å². The molecule has 0 amide bonds. The van der Waals surface area contributed by atoms with Crippen molar-refractivity contribution in [3.8, 4) is 0 Å². The Morgan fingerprint density at radius 2 is 0.912 bits per heavy atom. The van der Waals surface area contributed by atoms with Gasteiger partial charge in [0.15, 0.2) is 0 Å². The second kappa shape index (κ2) is 11.3. The van der Waals surface area contributed by atoms with Crippen LogP contribution < -0.4 is 10.4 Å². The van der Waals surface area contributed by atoms with E-state index in [4.69, 9.17) is 9.78 Å². The average Bonchev–Trinajstić information content (AvgIpc) is 2.89. The molecule has 0 fully saturated rings. The number of hydrogen-bond acceptors (Lipinski definition) is 6. The number of benzene rings is 2. The van der Waals surface area contributed by atoms with E-state index >= 15 is 0 Å². The van der Waals surface area contributed by atoms with Gasteiger partial charge in [-0.25, -0.2) is 29.1 Å². The van der Waals surface area contributed by atoms with Gasteiger partial charge in [-0.05, 0) is 30.8 Å². The van der Waals surface area contributed by atoms with Crippen molar-refractivity contribution in [1.29, 1.82) is 0 Å². The van der Waals surface area contributed by atoms with Crippen molar-refractivity contribution in [3.63, 3.8) is 0 Å². The molecule has 0 atom stereocenters. The molecule has 0 saturated carbocycles. The van der Waals surface area contributed by atoms with Crippen molar-refractivity contribution >= 4 is 38.5 Å². The molecule has 0 aromatic heterocycles. The highest BCUT2D eigenvalue weighted by Crippen LogP contribution is 2.11. The van der Waals surface area contributed by atoms with Crippen LogP contribution in [0.15, 0.2) is 110 Å². The Bertz CT molecular complexity index is 1000. The van der Waals surface area contributed by atoms with Gasteiger partial charge in [0.05, 0.1) is 11.1 Å². The summed E-state index contributed by atoms with van der Waals surface area (Å²) in [7, 11) is -3.96. The molecule has 0 N–H and O–H groups in total. The third-order valence-corrected chi connectivity index (χ3v) is 12.1. The van der Waals surface area contributed by atoms with E-state index in [0.717, 1.165) is 10.4 Å². The highest BCUT2D eigenvalue weighted by atomic mass is 28.3. The minimum atomic E-state index is -1.98. The first kappa shape index (κ1) is 26.4. The Hall–Kier alpha value is -3.89. The van der Waals surface area contributed by atoms with Crippen LogP contribution in [0.25, 0.3) is 0 Å². The van der Waals surface area contributed by atoms with E-state index in [-0.39, 0.29) is 11.1 Å². The second-order valence-corrected chi connectivity index (χ2v) is 15.7. The zero-order valence-corrected chi connectivity index (χ0v) is 21.4. The summed E-state index contributed by atoms with van der Waals surface area (Å²) in [5.41, 5.74) is 8.10. The van der Waals surface area contributed by atoms with E-state index in [9.17, 15) is 9.59 Å². The summed E-state index contributed by atoms with van der Waals surface area (Å²) in [6.07, 6.45) is 0. The molecule has 2 aromatic carbocycles. The maximum Gasteiger partial charge on any atom is 0.386 e. The van der Waals surface area contributed by atoms with Crippen LogP contribution in [-0.4, -0.2) is 28.1 Å². The molecule has 2 aromatic rings. The van der Waals surface area contributed by atoms with E-state index < -0.39 is 34.0 Å². The van der Waals surface area contributed by atoms with Crippen LogP contribution in [0.4, 0.5) is 0 Å². The van der Waals surface area contributed by atoms with Crippen LogP contribution in [0.1, 0.15) is 20.7 Å². The molecule has 0 heterocycles. The first-order chi connectivity index (χ1) is 16.1. The van der Waals surface area contributed by atoms with Gasteiger partial charge in [0.2, 0.25) is 0 Å². The first-order valence-electron chi connectivity index (χ1n) is 10.3. The molecule has 0 radical (unpaired) electrons. The molecule has 0 saturated heterocycles. The Morgan fingerprint density at radius 3 is 1.18 bits per heavy atom. The van der Waals surface area contributed by atoms with Gasteiger partial charge in [-0.2, -0.15) is 0 Å². The zero-order chi connectivity index (χ0) is 25.4. The van der Waals surface area contributed by atoms with E-state index in [2.05, 4.69) is 55.8 Å². The third-order valence-electron chi connectivity index (χ3n) is 5.60. The maximum atomic E-state index is 12.2. The van der Waals surface area contributed by atoms with E-state index in [1.165, 1.54) is 0 Å². The molecule has 0 spiro atoms. The summed E-state index contributed by atoms with van der Waals surface area (Å²) in [5.74, 6) is -2.06. The summed E-state index contributed by atoms with van der Waals surface area (Å²) < 4.78 is 0. The van der Waals surface area contributed by atoms with Crippen LogP contribution in [0.5, 0.6) is 0 Å². The largest absolute Gasteiger partial charge is 0.386 e. The van der Waals surface area contributed by atoms with Gasteiger partial charge in [0.1, 0.15) is 16.1 Å². The minimum absolute atomic E-state index is 0.257. The number of carbonyl (C=O) groups is 2. The highest BCUT2D eigenvalue weighted by Gasteiger charge is 2.23. The molecule has 176 valence electrons. The Labute approximate surface area is 202 Å². The van der Waals surface area contributed by atoms with Gasteiger partial charge in [-0.3, -0.25) is 0 Å². The fraction of sp³-hybridized carbons (Fsp3) is 0.0769. The lowest BCUT2D eigenvalue weighted by molar-refractivity contribution is -0.317. The fourth-order valence-electron chi connectivity index (χ4n) is 2.85. The van der Waals surface area contributed by atoms with Gasteiger partial charge in [-0.15, -0.1) is 26.3 Å². The van der Waals surface area contributed by atoms with Gasteiger partial charge < -0.3 is 0 Å². The lowest BCUT2D eigenvalue weighted by atomic mass is 10.2. The molecular formula is C26H28O6Si2. The van der Waals surface area contributed by atoms with Crippen molar-refractivity contribution in [2.45, 2.75) is 13.1 Å². The molecular weight excluding hydrogens is 464 g/mol. The standard InChI is InChI=1S/C26H28O6Si2/c1-8-33(6,9-2)23-16-12-21(13-17-23)25(27)31-29-20(5)30-32-26(28)22-14-18-24(19-15-22)34(7,10-3)11-4/h8-19H,1-5H2,6-7H3. The molecule has 6 nitrogen and oxygen atoms in total. The average molecular weight is 493 g/mol. The molecule has 0 unspecified atom stereocenters. The molecule has 0 aliphatic rings. The van der Waals surface area contributed by atoms with Crippen LogP contribution in [0.2, 0.25) is 13.1 Å². The first-order valence-corrected chi connectivity index (χ1v) is 15.7. The number of hydrogen-bond donors (Lipinski definition) is 0. The predicted molar refractivity (Wildman–Crippen MR) is 138 cm³/mol. The lowest BCUT2D eigenvalue weighted by Crippen LogP contribution is -2.40. The minimum Gasteiger partial charge on any atom is -0.243 e. The van der Waals surface area contributed by atoms with Crippen LogP contribution in [0.3, 0.4) is 0 Å². The molecule has 0 bridgehead atoms. The third kappa shape index (κ3) is 6.12. The van der Waals surface area contributed by atoms with Gasteiger partial charge in [0, 0.05) is 0 Å². The molecule has 2 rings (SSSR count). The lowest BCUT2D eigenvalue weighted by Gasteiger charge is -2.19. The summed E-state index contributed by atoms with van der Waals surface area (Å²) in [6.45, 7) is 23.0.